The average molecular weight is 240 g/mol. The minimum absolute atomic E-state index is 0.150. The van der Waals surface area contributed by atoms with E-state index in [9.17, 15) is 0 Å². The molecule has 0 heterocycles. The number of hydrogen-bond donors (Lipinski definition) is 0. The minimum Gasteiger partial charge on any atom is -0.0991 e. The number of allylic oxidation sites excluding steroid dienone is 5. The van der Waals surface area contributed by atoms with Crippen molar-refractivity contribution in [1.82, 2.24) is 0 Å². The highest BCUT2D eigenvalue weighted by molar-refractivity contribution is 5.85. The van der Waals surface area contributed by atoms with E-state index in [0.29, 0.717) is 0 Å². The molecule has 0 aliphatic heterocycles. The molecule has 0 atom stereocenters. The smallest absolute Gasteiger partial charge is 0.0118 e. The van der Waals surface area contributed by atoms with Crippen LogP contribution < -0.4 is 0 Å². The normalized spacial score (nSPS) is 16.3. The summed E-state index contributed by atoms with van der Waals surface area (Å²) in [7, 11) is 0. The van der Waals surface area contributed by atoms with Crippen molar-refractivity contribution in [1.29, 1.82) is 0 Å². The molecule has 0 radical (unpaired) electrons. The van der Waals surface area contributed by atoms with Crippen LogP contribution in [0.4, 0.5) is 0 Å². The molecule has 0 unspecified atom stereocenters. The first-order valence-corrected chi connectivity index (χ1v) is 6.69. The molecule has 1 aliphatic carbocycles. The van der Waals surface area contributed by atoms with Gasteiger partial charge in [0.2, 0.25) is 0 Å². The van der Waals surface area contributed by atoms with E-state index >= 15 is 0 Å². The maximum atomic E-state index is 3.73. The lowest BCUT2D eigenvalue weighted by molar-refractivity contribution is 0.639. The maximum absolute atomic E-state index is 3.73. The maximum Gasteiger partial charge on any atom is 0.0118 e. The van der Waals surface area contributed by atoms with Gasteiger partial charge in [-0.2, -0.15) is 0 Å². The molecule has 0 heteroatoms. The third-order valence-electron chi connectivity index (χ3n) is 3.63. The lowest BCUT2D eigenvalue weighted by Crippen LogP contribution is -2.15. The topological polar surface area (TPSA) is 0 Å². The molecule has 0 N–H and O–H groups in total. The predicted octanol–water partition coefficient (Wildman–Crippen LogP) is 5.52. The molecule has 0 fully saturated rings. The largest absolute Gasteiger partial charge is 0.0991 e. The number of benzene rings is 1. The van der Waals surface area contributed by atoms with Gasteiger partial charge in [-0.15, -0.1) is 0 Å². The van der Waals surface area contributed by atoms with Crippen LogP contribution in [0.15, 0.2) is 54.6 Å². The third-order valence-corrected chi connectivity index (χ3v) is 3.63. The highest BCUT2D eigenvalue weighted by Gasteiger charge is 2.33. The fraction of sp³-hybridized carbons (Fsp3) is 0.333. The van der Waals surface area contributed by atoms with E-state index in [1.807, 2.05) is 26.0 Å². The first-order valence-electron chi connectivity index (χ1n) is 6.69. The summed E-state index contributed by atoms with van der Waals surface area (Å²) in [6.45, 7) is 14.5. The summed E-state index contributed by atoms with van der Waals surface area (Å²) in [6, 6.07) is 8.66. The molecule has 0 saturated heterocycles. The molecule has 2 rings (SSSR count). The standard InChI is InChI=1S/C16H18.C2H6/c1-5-6-9-13-12(2)16(3,4)15-11-8-7-10-14(13)15;1-2/h5-11H,1H2,2-4H3;1-2H3/b9-6-;. The van der Waals surface area contributed by atoms with Gasteiger partial charge in [-0.25, -0.2) is 0 Å². The third kappa shape index (κ3) is 2.33. The summed E-state index contributed by atoms with van der Waals surface area (Å²) in [4.78, 5) is 0. The number of hydrogen-bond acceptors (Lipinski definition) is 0. The van der Waals surface area contributed by atoms with E-state index in [2.05, 4.69) is 57.7 Å². The van der Waals surface area contributed by atoms with Crippen LogP contribution in [0.3, 0.4) is 0 Å². The van der Waals surface area contributed by atoms with Crippen LogP contribution in [0.2, 0.25) is 0 Å². The zero-order chi connectivity index (χ0) is 13.8. The summed E-state index contributed by atoms with van der Waals surface area (Å²) in [6.07, 6.45) is 6.00. The zero-order valence-corrected chi connectivity index (χ0v) is 12.2. The van der Waals surface area contributed by atoms with Crippen molar-refractivity contribution in [3.8, 4) is 0 Å². The molecule has 0 saturated carbocycles. The SMILES string of the molecule is C=C/C=C\C1=C(C)C(C)(C)c2ccccc21.CC. The second-order valence-electron chi connectivity index (χ2n) is 4.80. The van der Waals surface area contributed by atoms with Crippen LogP contribution in [-0.2, 0) is 5.41 Å². The van der Waals surface area contributed by atoms with Gasteiger partial charge in [-0.3, -0.25) is 0 Å². The van der Waals surface area contributed by atoms with E-state index < -0.39 is 0 Å². The van der Waals surface area contributed by atoms with Gasteiger partial charge in [-0.1, -0.05) is 82.3 Å². The Hall–Kier alpha value is -1.56. The van der Waals surface area contributed by atoms with Crippen molar-refractivity contribution < 1.29 is 0 Å². The Bertz CT molecular complexity index is 485. The van der Waals surface area contributed by atoms with Gasteiger partial charge in [0.05, 0.1) is 0 Å². The van der Waals surface area contributed by atoms with Crippen molar-refractivity contribution in [3.63, 3.8) is 0 Å². The van der Waals surface area contributed by atoms with Crippen LogP contribution in [0.25, 0.3) is 5.57 Å². The zero-order valence-electron chi connectivity index (χ0n) is 12.2. The Kier molecular flexibility index (Phi) is 4.72. The molecule has 0 nitrogen and oxygen atoms in total. The lowest BCUT2D eigenvalue weighted by Gasteiger charge is -2.21. The average Bonchev–Trinajstić information content (AvgIpc) is 2.59. The summed E-state index contributed by atoms with van der Waals surface area (Å²) < 4.78 is 0. The van der Waals surface area contributed by atoms with Crippen molar-refractivity contribution in [3.05, 3.63) is 65.8 Å². The van der Waals surface area contributed by atoms with Crippen LogP contribution in [0.1, 0.15) is 45.7 Å². The van der Waals surface area contributed by atoms with Gasteiger partial charge >= 0.3 is 0 Å². The summed E-state index contributed by atoms with van der Waals surface area (Å²) >= 11 is 0. The Balaban J connectivity index is 0.000000771. The Labute approximate surface area is 112 Å². The Morgan fingerprint density at radius 3 is 2.33 bits per heavy atom. The molecular weight excluding hydrogens is 216 g/mol. The van der Waals surface area contributed by atoms with E-state index in [1.54, 1.807) is 0 Å². The van der Waals surface area contributed by atoms with Crippen LogP contribution in [0, 0.1) is 0 Å². The fourth-order valence-corrected chi connectivity index (χ4v) is 2.38. The fourth-order valence-electron chi connectivity index (χ4n) is 2.38. The Morgan fingerprint density at radius 1 is 1.11 bits per heavy atom. The monoisotopic (exact) mass is 240 g/mol. The second kappa shape index (κ2) is 5.86. The quantitative estimate of drug-likeness (QED) is 0.597. The van der Waals surface area contributed by atoms with Crippen molar-refractivity contribution in [2.75, 3.05) is 0 Å². The molecule has 0 bridgehead atoms. The van der Waals surface area contributed by atoms with E-state index in [4.69, 9.17) is 0 Å². The highest BCUT2D eigenvalue weighted by atomic mass is 14.4. The summed E-state index contributed by atoms with van der Waals surface area (Å²) in [5, 5.41) is 0. The molecule has 96 valence electrons. The molecule has 0 aromatic heterocycles. The number of fused-ring (bicyclic) bond motifs is 1. The molecule has 0 amide bonds. The van der Waals surface area contributed by atoms with Crippen molar-refractivity contribution >= 4 is 5.57 Å². The van der Waals surface area contributed by atoms with Crippen LogP contribution in [0.5, 0.6) is 0 Å². The molecule has 18 heavy (non-hydrogen) atoms. The van der Waals surface area contributed by atoms with Gasteiger partial charge in [0, 0.05) is 5.41 Å². The van der Waals surface area contributed by atoms with Crippen LogP contribution >= 0.6 is 0 Å². The Morgan fingerprint density at radius 2 is 1.72 bits per heavy atom. The number of rotatable bonds is 2. The molecule has 1 aliphatic rings. The first kappa shape index (κ1) is 14.5. The predicted molar refractivity (Wildman–Crippen MR) is 82.7 cm³/mol. The molecular formula is C18H24. The second-order valence-corrected chi connectivity index (χ2v) is 4.80. The van der Waals surface area contributed by atoms with E-state index in [0.717, 1.165) is 0 Å². The first-order chi connectivity index (χ1) is 8.59. The van der Waals surface area contributed by atoms with Crippen molar-refractivity contribution in [2.24, 2.45) is 0 Å². The molecule has 0 spiro atoms. The molecule has 1 aromatic carbocycles. The van der Waals surface area contributed by atoms with Gasteiger partial charge in [-0.05, 0) is 23.6 Å². The summed E-state index contributed by atoms with van der Waals surface area (Å²) in [5.74, 6) is 0. The van der Waals surface area contributed by atoms with Crippen molar-refractivity contribution in [2.45, 2.75) is 40.0 Å². The van der Waals surface area contributed by atoms with Gasteiger partial charge in [0.25, 0.3) is 0 Å². The van der Waals surface area contributed by atoms with E-state index in [1.165, 1.54) is 22.3 Å². The van der Waals surface area contributed by atoms with E-state index in [-0.39, 0.29) is 5.41 Å². The van der Waals surface area contributed by atoms with Crippen LogP contribution in [-0.4, -0.2) is 0 Å². The van der Waals surface area contributed by atoms with Gasteiger partial charge < -0.3 is 0 Å². The van der Waals surface area contributed by atoms with Gasteiger partial charge in [0.15, 0.2) is 0 Å². The summed E-state index contributed by atoms with van der Waals surface area (Å²) in [5.41, 5.74) is 5.73. The highest BCUT2D eigenvalue weighted by Crippen LogP contribution is 2.46. The molecule has 1 aromatic rings. The van der Waals surface area contributed by atoms with Gasteiger partial charge in [0.1, 0.15) is 0 Å². The lowest BCUT2D eigenvalue weighted by atomic mass is 9.82. The minimum atomic E-state index is 0.150.